The van der Waals surface area contributed by atoms with Gasteiger partial charge in [-0.3, -0.25) is 4.79 Å². The number of ether oxygens (including phenoxy) is 4. The van der Waals surface area contributed by atoms with Crippen molar-refractivity contribution in [3.8, 4) is 34.5 Å². The minimum Gasteiger partial charge on any atom is -0.497 e. The quantitative estimate of drug-likeness (QED) is 0.569. The van der Waals surface area contributed by atoms with E-state index in [4.69, 9.17) is 23.5 Å². The normalized spacial score (nSPS) is 15.8. The maximum atomic E-state index is 12.7. The minimum atomic E-state index is -0.189. The summed E-state index contributed by atoms with van der Waals surface area (Å²) in [6, 6.07) is 10.7. The summed E-state index contributed by atoms with van der Waals surface area (Å²) >= 11 is 0. The molecule has 1 amide bonds. The van der Waals surface area contributed by atoms with Crippen molar-refractivity contribution < 1.29 is 28.3 Å². The first-order chi connectivity index (χ1) is 15.1. The summed E-state index contributed by atoms with van der Waals surface area (Å²) in [4.78, 5) is 18.9. The molecule has 0 radical (unpaired) electrons. The average molecular weight is 425 g/mol. The first-order valence-corrected chi connectivity index (χ1v) is 9.65. The highest BCUT2D eigenvalue weighted by Crippen LogP contribution is 2.36. The standard InChI is InChI=1S/C22H23N3O6/c1-27-16-7-13(8-17(11-16)28-2)22-23-21(24-31-22)14-9-20(26)25(12-14)15-5-6-18(29-3)19(10-15)30-4/h5-8,10-11,14H,9,12H2,1-4H3/t14-/m0/s1. The number of carbonyl (C=O) groups excluding carboxylic acids is 1. The van der Waals surface area contributed by atoms with Crippen LogP contribution in [0, 0.1) is 0 Å². The number of benzene rings is 2. The molecule has 31 heavy (non-hydrogen) atoms. The average Bonchev–Trinajstić information content (AvgIpc) is 3.45. The lowest BCUT2D eigenvalue weighted by Crippen LogP contribution is -2.24. The summed E-state index contributed by atoms with van der Waals surface area (Å²) in [5.41, 5.74) is 1.41. The summed E-state index contributed by atoms with van der Waals surface area (Å²) in [5.74, 6) is 3.00. The smallest absolute Gasteiger partial charge is 0.258 e. The molecule has 2 heterocycles. The third-order valence-corrected chi connectivity index (χ3v) is 5.21. The number of anilines is 1. The van der Waals surface area contributed by atoms with Crippen molar-refractivity contribution in [2.24, 2.45) is 0 Å². The lowest BCUT2D eigenvalue weighted by atomic mass is 10.1. The van der Waals surface area contributed by atoms with Gasteiger partial charge in [-0.05, 0) is 24.3 Å². The molecule has 4 rings (SSSR count). The van der Waals surface area contributed by atoms with Crippen molar-refractivity contribution in [3.05, 3.63) is 42.2 Å². The molecule has 9 heteroatoms. The Kier molecular flexibility index (Phi) is 5.66. The van der Waals surface area contributed by atoms with Crippen LogP contribution in [0.3, 0.4) is 0 Å². The van der Waals surface area contributed by atoms with Crippen LogP contribution in [0.15, 0.2) is 40.9 Å². The van der Waals surface area contributed by atoms with Crippen molar-refractivity contribution in [2.45, 2.75) is 12.3 Å². The van der Waals surface area contributed by atoms with E-state index in [0.29, 0.717) is 46.8 Å². The molecular weight excluding hydrogens is 402 g/mol. The molecular formula is C22H23N3O6. The van der Waals surface area contributed by atoms with Crippen molar-refractivity contribution in [2.75, 3.05) is 39.9 Å². The van der Waals surface area contributed by atoms with Gasteiger partial charge >= 0.3 is 0 Å². The first kappa shape index (κ1) is 20.5. The largest absolute Gasteiger partial charge is 0.497 e. The van der Waals surface area contributed by atoms with Gasteiger partial charge in [-0.1, -0.05) is 5.16 Å². The molecule has 1 aliphatic heterocycles. The topological polar surface area (TPSA) is 96.2 Å². The van der Waals surface area contributed by atoms with Crippen LogP contribution < -0.4 is 23.8 Å². The van der Waals surface area contributed by atoms with E-state index in [0.717, 1.165) is 5.69 Å². The van der Waals surface area contributed by atoms with Gasteiger partial charge in [-0.2, -0.15) is 4.98 Å². The van der Waals surface area contributed by atoms with E-state index < -0.39 is 0 Å². The first-order valence-electron chi connectivity index (χ1n) is 9.65. The lowest BCUT2D eigenvalue weighted by molar-refractivity contribution is -0.117. The third kappa shape index (κ3) is 3.98. The highest BCUT2D eigenvalue weighted by Gasteiger charge is 2.35. The zero-order valence-corrected chi connectivity index (χ0v) is 17.7. The van der Waals surface area contributed by atoms with Crippen LogP contribution in [0.25, 0.3) is 11.5 Å². The summed E-state index contributed by atoms with van der Waals surface area (Å²) in [6.07, 6.45) is 0.286. The molecule has 0 unspecified atom stereocenters. The van der Waals surface area contributed by atoms with Gasteiger partial charge in [0.1, 0.15) is 11.5 Å². The van der Waals surface area contributed by atoms with E-state index >= 15 is 0 Å². The van der Waals surface area contributed by atoms with Crippen molar-refractivity contribution >= 4 is 11.6 Å². The Hall–Kier alpha value is -3.75. The van der Waals surface area contributed by atoms with Crippen LogP contribution in [0.1, 0.15) is 18.2 Å². The van der Waals surface area contributed by atoms with Gasteiger partial charge in [0.25, 0.3) is 5.89 Å². The molecule has 162 valence electrons. The Morgan fingerprint density at radius 2 is 1.65 bits per heavy atom. The van der Waals surface area contributed by atoms with Crippen LogP contribution in [0.4, 0.5) is 5.69 Å². The van der Waals surface area contributed by atoms with Crippen LogP contribution in [-0.2, 0) is 4.79 Å². The Bertz CT molecular complexity index is 1070. The molecule has 9 nitrogen and oxygen atoms in total. The van der Waals surface area contributed by atoms with E-state index in [-0.39, 0.29) is 18.2 Å². The van der Waals surface area contributed by atoms with E-state index in [2.05, 4.69) is 10.1 Å². The molecule has 2 aromatic carbocycles. The molecule has 0 spiro atoms. The molecule has 1 fully saturated rings. The van der Waals surface area contributed by atoms with Crippen molar-refractivity contribution in [1.29, 1.82) is 0 Å². The SMILES string of the molecule is COc1cc(OC)cc(-c2nc([C@H]3CC(=O)N(c4ccc(OC)c(OC)c4)C3)no2)c1. The van der Waals surface area contributed by atoms with Gasteiger partial charge in [0.15, 0.2) is 17.3 Å². The Labute approximate surface area is 179 Å². The Morgan fingerprint density at radius 3 is 2.29 bits per heavy atom. The van der Waals surface area contributed by atoms with Gasteiger partial charge in [0.05, 0.1) is 28.4 Å². The molecule has 1 atom stereocenters. The molecule has 0 aliphatic carbocycles. The molecule has 0 N–H and O–H groups in total. The van der Waals surface area contributed by atoms with Gasteiger partial charge in [0.2, 0.25) is 5.91 Å². The van der Waals surface area contributed by atoms with Gasteiger partial charge in [-0.25, -0.2) is 0 Å². The summed E-state index contributed by atoms with van der Waals surface area (Å²) in [7, 11) is 6.28. The van der Waals surface area contributed by atoms with Crippen LogP contribution in [-0.4, -0.2) is 51.0 Å². The number of amides is 1. The van der Waals surface area contributed by atoms with E-state index in [1.54, 1.807) is 63.7 Å². The zero-order chi connectivity index (χ0) is 22.0. The van der Waals surface area contributed by atoms with E-state index in [1.165, 1.54) is 0 Å². The van der Waals surface area contributed by atoms with Crippen LogP contribution in [0.2, 0.25) is 0 Å². The highest BCUT2D eigenvalue weighted by molar-refractivity contribution is 5.96. The Morgan fingerprint density at radius 1 is 0.935 bits per heavy atom. The fraction of sp³-hybridized carbons (Fsp3) is 0.318. The Balaban J connectivity index is 1.56. The number of hydrogen-bond acceptors (Lipinski definition) is 8. The number of carbonyl (C=O) groups is 1. The fourth-order valence-corrected chi connectivity index (χ4v) is 3.57. The summed E-state index contributed by atoms with van der Waals surface area (Å²) in [6.45, 7) is 0.439. The predicted octanol–water partition coefficient (Wildman–Crippen LogP) is 3.29. The molecule has 0 bridgehead atoms. The highest BCUT2D eigenvalue weighted by atomic mass is 16.5. The molecule has 1 aromatic heterocycles. The molecule has 3 aromatic rings. The van der Waals surface area contributed by atoms with Crippen molar-refractivity contribution in [1.82, 2.24) is 10.1 Å². The lowest BCUT2D eigenvalue weighted by Gasteiger charge is -2.18. The van der Waals surface area contributed by atoms with E-state index in [9.17, 15) is 4.79 Å². The van der Waals surface area contributed by atoms with E-state index in [1.807, 2.05) is 6.07 Å². The van der Waals surface area contributed by atoms with Crippen LogP contribution >= 0.6 is 0 Å². The van der Waals surface area contributed by atoms with Crippen molar-refractivity contribution in [3.63, 3.8) is 0 Å². The summed E-state index contributed by atoms with van der Waals surface area (Å²) in [5, 5.41) is 4.12. The number of rotatable bonds is 7. The van der Waals surface area contributed by atoms with Crippen LogP contribution in [0.5, 0.6) is 23.0 Å². The second-order valence-corrected chi connectivity index (χ2v) is 7.00. The monoisotopic (exact) mass is 425 g/mol. The second-order valence-electron chi connectivity index (χ2n) is 7.00. The predicted molar refractivity (Wildman–Crippen MR) is 112 cm³/mol. The molecule has 0 saturated carbocycles. The zero-order valence-electron chi connectivity index (χ0n) is 17.7. The van der Waals surface area contributed by atoms with Gasteiger partial charge in [0, 0.05) is 42.3 Å². The minimum absolute atomic E-state index is 0.0216. The maximum Gasteiger partial charge on any atom is 0.258 e. The summed E-state index contributed by atoms with van der Waals surface area (Å²) < 4.78 is 26.7. The number of methoxy groups -OCH3 is 4. The number of nitrogens with zero attached hydrogens (tertiary/aromatic N) is 3. The molecule has 1 saturated heterocycles. The molecule has 1 aliphatic rings. The number of hydrogen-bond donors (Lipinski definition) is 0. The fourth-order valence-electron chi connectivity index (χ4n) is 3.57. The third-order valence-electron chi connectivity index (χ3n) is 5.21. The maximum absolute atomic E-state index is 12.7. The number of aromatic nitrogens is 2. The van der Waals surface area contributed by atoms with Gasteiger partial charge < -0.3 is 28.4 Å². The van der Waals surface area contributed by atoms with Gasteiger partial charge in [-0.15, -0.1) is 0 Å². The second kappa shape index (κ2) is 8.55.